The summed E-state index contributed by atoms with van der Waals surface area (Å²) in [7, 11) is 1.56. The Bertz CT molecular complexity index is 1210. The Kier molecular flexibility index (Phi) is 5.73. The zero-order chi connectivity index (χ0) is 21.4. The van der Waals surface area contributed by atoms with E-state index in [0.717, 1.165) is 11.3 Å². The van der Waals surface area contributed by atoms with E-state index in [0.29, 0.717) is 57.5 Å². The van der Waals surface area contributed by atoms with Gasteiger partial charge in [0.15, 0.2) is 5.43 Å². The molecule has 2 aromatic carbocycles. The number of hydrogen-bond donors (Lipinski definition) is 2. The van der Waals surface area contributed by atoms with Gasteiger partial charge in [0.05, 0.1) is 29.6 Å². The highest BCUT2D eigenvalue weighted by Crippen LogP contribution is 2.30. The van der Waals surface area contributed by atoms with Gasteiger partial charge in [-0.3, -0.25) is 14.5 Å². The largest absolute Gasteiger partial charge is 0.495 e. The van der Waals surface area contributed by atoms with Gasteiger partial charge in [0.2, 0.25) is 5.91 Å². The van der Waals surface area contributed by atoms with Gasteiger partial charge in [0.1, 0.15) is 5.75 Å². The van der Waals surface area contributed by atoms with Gasteiger partial charge < -0.3 is 15.0 Å². The summed E-state index contributed by atoms with van der Waals surface area (Å²) >= 11 is 12.4. The fourth-order valence-corrected chi connectivity index (χ4v) is 4.17. The van der Waals surface area contributed by atoms with Crippen molar-refractivity contribution in [1.29, 1.82) is 0 Å². The number of aromatic nitrogens is 1. The third-order valence-corrected chi connectivity index (χ3v) is 6.08. The van der Waals surface area contributed by atoms with Crippen LogP contribution in [0.4, 0.5) is 5.69 Å². The Labute approximate surface area is 183 Å². The number of carbonyl (C=O) groups excluding carboxylic acids is 1. The third-order valence-electron chi connectivity index (χ3n) is 5.36. The highest BCUT2D eigenvalue weighted by Gasteiger charge is 2.24. The summed E-state index contributed by atoms with van der Waals surface area (Å²) in [6.07, 6.45) is 0.625. The summed E-state index contributed by atoms with van der Waals surface area (Å²) in [6.45, 7) is 3.10. The molecule has 0 unspecified atom stereocenters. The summed E-state index contributed by atoms with van der Waals surface area (Å²) < 4.78 is 5.37. The predicted octanol–water partition coefficient (Wildman–Crippen LogP) is 4.15. The van der Waals surface area contributed by atoms with Crippen LogP contribution in [0.3, 0.4) is 0 Å². The van der Waals surface area contributed by atoms with Crippen molar-refractivity contribution in [3.8, 4) is 5.75 Å². The van der Waals surface area contributed by atoms with Crippen molar-refractivity contribution in [3.05, 3.63) is 67.4 Å². The molecule has 0 aliphatic carbocycles. The smallest absolute Gasteiger partial charge is 0.238 e. The van der Waals surface area contributed by atoms with E-state index in [4.69, 9.17) is 27.9 Å². The van der Waals surface area contributed by atoms with E-state index in [1.807, 2.05) is 24.0 Å². The maximum Gasteiger partial charge on any atom is 0.238 e. The molecule has 4 rings (SSSR count). The minimum Gasteiger partial charge on any atom is -0.495 e. The Balaban J connectivity index is 1.56. The zero-order valence-corrected chi connectivity index (χ0v) is 18.2. The van der Waals surface area contributed by atoms with E-state index < -0.39 is 0 Å². The maximum atomic E-state index is 13.2. The summed E-state index contributed by atoms with van der Waals surface area (Å²) in [5.41, 5.74) is 3.57. The molecule has 0 atom stereocenters. The summed E-state index contributed by atoms with van der Waals surface area (Å²) in [6, 6.07) is 8.80. The number of aryl methyl sites for hydroxylation is 1. The number of ether oxygens (including phenoxy) is 1. The molecule has 6 nitrogen and oxygen atoms in total. The molecule has 0 saturated carbocycles. The Morgan fingerprint density at radius 1 is 1.23 bits per heavy atom. The van der Waals surface area contributed by atoms with Crippen molar-refractivity contribution in [1.82, 2.24) is 9.88 Å². The molecule has 2 N–H and O–H groups in total. The average molecular weight is 446 g/mol. The normalized spacial score (nSPS) is 13.9. The molecule has 1 aliphatic heterocycles. The van der Waals surface area contributed by atoms with E-state index in [9.17, 15) is 9.59 Å². The van der Waals surface area contributed by atoms with Gasteiger partial charge in [-0.2, -0.15) is 0 Å². The minimum atomic E-state index is -0.157. The van der Waals surface area contributed by atoms with Crippen LogP contribution in [-0.2, 0) is 17.8 Å². The van der Waals surface area contributed by atoms with Crippen LogP contribution in [0.5, 0.6) is 5.75 Å². The number of amides is 1. The number of halogens is 2. The molecule has 0 spiro atoms. The lowest BCUT2D eigenvalue weighted by atomic mass is 10.0. The Morgan fingerprint density at radius 3 is 2.77 bits per heavy atom. The third kappa shape index (κ3) is 3.90. The summed E-state index contributed by atoms with van der Waals surface area (Å²) in [5, 5.41) is 4.25. The highest BCUT2D eigenvalue weighted by molar-refractivity contribution is 6.35. The lowest BCUT2D eigenvalue weighted by molar-refractivity contribution is -0.117. The van der Waals surface area contributed by atoms with E-state index in [2.05, 4.69) is 10.3 Å². The number of methoxy groups -OCH3 is 1. The number of hydrogen-bond acceptors (Lipinski definition) is 4. The molecule has 3 aromatic rings. The molecule has 1 amide bonds. The first-order valence-electron chi connectivity index (χ1n) is 9.56. The van der Waals surface area contributed by atoms with E-state index >= 15 is 0 Å². The molecule has 30 heavy (non-hydrogen) atoms. The van der Waals surface area contributed by atoms with Crippen LogP contribution in [0.25, 0.3) is 10.9 Å². The number of rotatable bonds is 4. The fraction of sp³-hybridized carbons (Fsp3) is 0.273. The van der Waals surface area contributed by atoms with Crippen molar-refractivity contribution >= 4 is 45.7 Å². The number of carbonyl (C=O) groups is 1. The molecule has 1 aliphatic rings. The predicted molar refractivity (Wildman–Crippen MR) is 120 cm³/mol. The Hall–Kier alpha value is -2.54. The average Bonchev–Trinajstić information content (AvgIpc) is 2.71. The van der Waals surface area contributed by atoms with Crippen molar-refractivity contribution < 1.29 is 9.53 Å². The van der Waals surface area contributed by atoms with E-state index in [1.165, 1.54) is 0 Å². The van der Waals surface area contributed by atoms with Gasteiger partial charge in [-0.05, 0) is 36.8 Å². The molecule has 156 valence electrons. The molecular formula is C22H21Cl2N3O3. The second-order valence-electron chi connectivity index (χ2n) is 7.38. The van der Waals surface area contributed by atoms with Crippen molar-refractivity contribution in [2.75, 3.05) is 25.5 Å². The van der Waals surface area contributed by atoms with Crippen molar-refractivity contribution in [2.45, 2.75) is 19.9 Å². The Morgan fingerprint density at radius 2 is 2.03 bits per heavy atom. The number of benzene rings is 2. The number of fused-ring (bicyclic) bond motifs is 2. The first-order chi connectivity index (χ1) is 14.4. The van der Waals surface area contributed by atoms with Crippen LogP contribution in [-0.4, -0.2) is 36.0 Å². The topological polar surface area (TPSA) is 74.4 Å². The fourth-order valence-electron chi connectivity index (χ4n) is 3.75. The van der Waals surface area contributed by atoms with Crippen LogP contribution in [0, 0.1) is 6.92 Å². The van der Waals surface area contributed by atoms with E-state index in [1.54, 1.807) is 25.3 Å². The lowest BCUT2D eigenvalue weighted by Gasteiger charge is -2.28. The first-order valence-corrected chi connectivity index (χ1v) is 10.3. The molecule has 0 fully saturated rings. The standard InChI is InChI=1S/C22H21Cl2N3O3/c1-12-3-4-13(9-16(12)24)25-19(28)11-27-8-7-17-14(10-27)22(29)20-15(23)5-6-18(30-2)21(20)26-17/h3-6,9H,7-8,10-11H2,1-2H3,(H,25,28)(H,26,29). The van der Waals surface area contributed by atoms with Crippen LogP contribution in [0.2, 0.25) is 10.0 Å². The van der Waals surface area contributed by atoms with Crippen LogP contribution in [0.15, 0.2) is 35.1 Å². The number of anilines is 1. The quantitative estimate of drug-likeness (QED) is 0.632. The second-order valence-corrected chi connectivity index (χ2v) is 8.20. The van der Waals surface area contributed by atoms with Gasteiger partial charge in [0.25, 0.3) is 0 Å². The molecule has 0 saturated heterocycles. The van der Waals surface area contributed by atoms with Crippen molar-refractivity contribution in [2.24, 2.45) is 0 Å². The van der Waals surface area contributed by atoms with Gasteiger partial charge in [-0.1, -0.05) is 29.3 Å². The van der Waals surface area contributed by atoms with Gasteiger partial charge in [0, 0.05) is 41.5 Å². The molecule has 1 aromatic heterocycles. The molecule has 0 radical (unpaired) electrons. The number of H-pyrrole nitrogens is 1. The summed E-state index contributed by atoms with van der Waals surface area (Å²) in [4.78, 5) is 30.9. The summed E-state index contributed by atoms with van der Waals surface area (Å²) in [5.74, 6) is 0.420. The number of aromatic amines is 1. The lowest BCUT2D eigenvalue weighted by Crippen LogP contribution is -2.39. The maximum absolute atomic E-state index is 13.2. The molecule has 2 heterocycles. The molecule has 8 heteroatoms. The molecule has 0 bridgehead atoms. The number of nitrogens with zero attached hydrogens (tertiary/aromatic N) is 1. The molecular weight excluding hydrogens is 425 g/mol. The minimum absolute atomic E-state index is 0.127. The monoisotopic (exact) mass is 445 g/mol. The van der Waals surface area contributed by atoms with Gasteiger partial charge in [-0.25, -0.2) is 0 Å². The zero-order valence-electron chi connectivity index (χ0n) is 16.6. The second kappa shape index (κ2) is 8.30. The van der Waals surface area contributed by atoms with Gasteiger partial charge in [-0.15, -0.1) is 0 Å². The first kappa shape index (κ1) is 20.7. The van der Waals surface area contributed by atoms with Crippen molar-refractivity contribution in [3.63, 3.8) is 0 Å². The van der Waals surface area contributed by atoms with Crippen LogP contribution >= 0.6 is 23.2 Å². The van der Waals surface area contributed by atoms with Crippen LogP contribution in [0.1, 0.15) is 16.8 Å². The van der Waals surface area contributed by atoms with Gasteiger partial charge >= 0.3 is 0 Å². The number of pyridine rings is 1. The highest BCUT2D eigenvalue weighted by atomic mass is 35.5. The van der Waals surface area contributed by atoms with Crippen LogP contribution < -0.4 is 15.5 Å². The number of nitrogens with one attached hydrogen (secondary N) is 2. The SMILES string of the molecule is COc1ccc(Cl)c2c(=O)c3c([nH]c12)CCN(CC(=O)Nc1ccc(C)c(Cl)c1)C3. The van der Waals surface area contributed by atoms with E-state index in [-0.39, 0.29) is 17.9 Å².